The maximum atomic E-state index is 10.1. The molecule has 0 aromatic rings. The van der Waals surface area contributed by atoms with E-state index < -0.39 is 0 Å². The summed E-state index contributed by atoms with van der Waals surface area (Å²) < 4.78 is 0.671. The third-order valence-corrected chi connectivity index (χ3v) is 1.05. The molecule has 0 saturated heterocycles. The first-order valence-electron chi connectivity index (χ1n) is 1.91. The topological polar surface area (TPSA) is 40.2 Å². The first kappa shape index (κ1) is 7.29. The smallest absolute Gasteiger partial charge is 0.0303 e. The van der Waals surface area contributed by atoms with E-state index in [1.165, 1.54) is 14.1 Å². The van der Waals surface area contributed by atoms with E-state index in [2.05, 4.69) is 12.2 Å². The summed E-state index contributed by atoms with van der Waals surface area (Å²) in [5.74, 6) is 0. The fourth-order valence-corrected chi connectivity index (χ4v) is 0.198. The van der Waals surface area contributed by atoms with Crippen LogP contribution in [0.15, 0.2) is 0 Å². The van der Waals surface area contributed by atoms with Crippen molar-refractivity contribution in [1.82, 2.24) is 0 Å². The van der Waals surface area contributed by atoms with Gasteiger partial charge in [0, 0.05) is 9.81 Å². The molecule has 0 radical (unpaired) electrons. The summed E-state index contributed by atoms with van der Waals surface area (Å²) in [4.78, 5) is 20.2. The van der Waals surface area contributed by atoms with Crippen molar-refractivity contribution in [1.29, 1.82) is 0 Å². The molecule has 0 aliphatic rings. The normalized spacial score (nSPS) is 8.25. The van der Waals surface area contributed by atoms with E-state index in [9.17, 15) is 9.81 Å². The van der Waals surface area contributed by atoms with Crippen LogP contribution < -0.4 is 0 Å². The highest BCUT2D eigenvalue weighted by Crippen LogP contribution is 1.75. The molecule has 0 aliphatic carbocycles. The van der Waals surface area contributed by atoms with E-state index in [1.807, 2.05) is 0 Å². The Morgan fingerprint density at radius 1 is 1.25 bits per heavy atom. The third kappa shape index (κ3) is 1.83. The molecule has 44 valence electrons. The van der Waals surface area contributed by atoms with E-state index in [0.29, 0.717) is 9.52 Å². The van der Waals surface area contributed by atoms with E-state index in [4.69, 9.17) is 0 Å². The van der Waals surface area contributed by atoms with Gasteiger partial charge in [-0.1, -0.05) is 0 Å². The van der Waals surface area contributed by atoms with Crippen LogP contribution in [0, 0.1) is 9.81 Å². The van der Waals surface area contributed by atoms with Gasteiger partial charge in [-0.3, -0.25) is 0 Å². The van der Waals surface area contributed by atoms with Gasteiger partial charge in [0.15, 0.2) is 14.1 Å². The highest BCUT2D eigenvalue weighted by Gasteiger charge is 2.25. The minimum absolute atomic E-state index is 0.259. The van der Waals surface area contributed by atoms with Crippen LogP contribution in [0.25, 0.3) is 0 Å². The zero-order valence-corrected chi connectivity index (χ0v) is 5.44. The number of nitroso groups, excluding NO2 is 2. The Labute approximate surface area is 51.6 Å². The van der Waals surface area contributed by atoms with Gasteiger partial charge in [-0.05, 0) is 0 Å². The molecular formula is C3H6N2O2S+2. The van der Waals surface area contributed by atoms with Gasteiger partial charge in [-0.25, -0.2) is 0 Å². The second-order valence-electron chi connectivity index (χ2n) is 1.28. The molecule has 0 N–H and O–H groups in total. The predicted octanol–water partition coefficient (Wildman–Crippen LogP) is 0.0887. The highest BCUT2D eigenvalue weighted by atomic mass is 32.1. The van der Waals surface area contributed by atoms with Gasteiger partial charge in [0.25, 0.3) is 0 Å². The fourth-order valence-electron chi connectivity index (χ4n) is 0.198. The lowest BCUT2D eigenvalue weighted by Gasteiger charge is -1.70. The van der Waals surface area contributed by atoms with E-state index in [0.717, 1.165) is 0 Å². The summed E-state index contributed by atoms with van der Waals surface area (Å²) in [5, 5.41) is -0.259. The minimum Gasteiger partial charge on any atom is 0.0303 e. The van der Waals surface area contributed by atoms with Crippen molar-refractivity contribution in [2.75, 3.05) is 14.1 Å². The van der Waals surface area contributed by atoms with Gasteiger partial charge in [0.2, 0.25) is 0 Å². The zero-order chi connectivity index (χ0) is 6.73. The van der Waals surface area contributed by atoms with Crippen LogP contribution in [-0.4, -0.2) is 28.7 Å². The van der Waals surface area contributed by atoms with Gasteiger partial charge < -0.3 is 0 Å². The number of thiocarbonyl (C=S) groups is 1. The Kier molecular flexibility index (Phi) is 2.33. The molecule has 0 unspecified atom stereocenters. The predicted molar refractivity (Wildman–Crippen MR) is 31.7 cm³/mol. The molecule has 8 heavy (non-hydrogen) atoms. The fraction of sp³-hybridized carbons (Fsp3) is 0.667. The van der Waals surface area contributed by atoms with Crippen LogP contribution in [0.3, 0.4) is 0 Å². The quantitative estimate of drug-likeness (QED) is 0.348. The maximum Gasteiger partial charge on any atom is 0.608 e. The van der Waals surface area contributed by atoms with Crippen LogP contribution in [0.4, 0.5) is 0 Å². The van der Waals surface area contributed by atoms with Gasteiger partial charge in [0.1, 0.15) is 9.52 Å². The number of hydrogen-bond acceptors (Lipinski definition) is 3. The van der Waals surface area contributed by atoms with Crippen molar-refractivity contribution in [3.05, 3.63) is 9.81 Å². The van der Waals surface area contributed by atoms with E-state index in [-0.39, 0.29) is 5.11 Å². The van der Waals surface area contributed by atoms with Crippen molar-refractivity contribution in [3.8, 4) is 0 Å². The molecule has 5 heteroatoms. The lowest BCUT2D eigenvalue weighted by molar-refractivity contribution is -0.536. The standard InChI is InChI=1S/C3H6N2O2S/c1-4(6)3(8)5(2)7/h1-2H3/q+2. The summed E-state index contributed by atoms with van der Waals surface area (Å²) in [6, 6.07) is 0. The second kappa shape index (κ2) is 2.56. The van der Waals surface area contributed by atoms with Crippen molar-refractivity contribution in [2.45, 2.75) is 0 Å². The molecule has 0 aliphatic heterocycles. The van der Waals surface area contributed by atoms with Crippen LogP contribution in [0.2, 0.25) is 0 Å². The molecule has 0 aromatic carbocycles. The Hall–Kier alpha value is -0.710. The number of rotatable bonds is 0. The SMILES string of the molecule is C[N+](=O)C(=S)[N+](C)=O. The first-order valence-corrected chi connectivity index (χ1v) is 2.32. The molecule has 0 atom stereocenters. The van der Waals surface area contributed by atoms with Gasteiger partial charge >= 0.3 is 5.11 Å². The molecule has 0 aromatic heterocycles. The van der Waals surface area contributed by atoms with Crippen LogP contribution in [0.5, 0.6) is 0 Å². The van der Waals surface area contributed by atoms with Crippen molar-refractivity contribution in [3.63, 3.8) is 0 Å². The molecule has 0 saturated carbocycles. The highest BCUT2D eigenvalue weighted by molar-refractivity contribution is 7.79. The van der Waals surface area contributed by atoms with Crippen molar-refractivity contribution >= 4 is 17.3 Å². The first-order chi connectivity index (χ1) is 3.55. The lowest BCUT2D eigenvalue weighted by atomic mass is 11.0. The maximum absolute atomic E-state index is 10.1. The second-order valence-corrected chi connectivity index (χ2v) is 1.64. The summed E-state index contributed by atoms with van der Waals surface area (Å²) in [5.41, 5.74) is 0. The Morgan fingerprint density at radius 3 is 1.50 bits per heavy atom. The monoisotopic (exact) mass is 134 g/mol. The molecule has 0 rings (SSSR count). The van der Waals surface area contributed by atoms with Crippen molar-refractivity contribution in [2.24, 2.45) is 0 Å². The van der Waals surface area contributed by atoms with E-state index >= 15 is 0 Å². The lowest BCUT2D eigenvalue weighted by Crippen LogP contribution is -2.20. The van der Waals surface area contributed by atoms with E-state index in [1.54, 1.807) is 0 Å². The van der Waals surface area contributed by atoms with Crippen LogP contribution in [0.1, 0.15) is 0 Å². The molecule has 4 nitrogen and oxygen atoms in total. The summed E-state index contributed by atoms with van der Waals surface area (Å²) in [7, 11) is 2.35. The van der Waals surface area contributed by atoms with Crippen LogP contribution >= 0.6 is 12.2 Å². The van der Waals surface area contributed by atoms with Gasteiger partial charge in [-0.2, -0.15) is 0 Å². The summed E-state index contributed by atoms with van der Waals surface area (Å²) in [6.07, 6.45) is 0. The Bertz CT molecular complexity index is 137. The average Bonchev–Trinajstić information content (AvgIpc) is 1.64. The zero-order valence-electron chi connectivity index (χ0n) is 4.62. The Balaban J connectivity index is 4.05. The van der Waals surface area contributed by atoms with Gasteiger partial charge in [-0.15, -0.1) is 0 Å². The molecule has 0 bridgehead atoms. The number of hydrogen-bond donors (Lipinski definition) is 0. The summed E-state index contributed by atoms with van der Waals surface area (Å²) >= 11 is 4.33. The molecule has 0 fully saturated rings. The van der Waals surface area contributed by atoms with Crippen LogP contribution in [-0.2, 0) is 0 Å². The summed E-state index contributed by atoms with van der Waals surface area (Å²) in [6.45, 7) is 0. The minimum atomic E-state index is -0.259. The molecule has 0 amide bonds. The largest absolute Gasteiger partial charge is 0.608 e. The molecular weight excluding hydrogens is 128 g/mol. The van der Waals surface area contributed by atoms with Crippen molar-refractivity contribution < 1.29 is 9.52 Å². The number of nitrogens with zero attached hydrogens (tertiary/aromatic N) is 2. The average molecular weight is 134 g/mol. The Morgan fingerprint density at radius 2 is 1.50 bits per heavy atom. The molecule has 0 heterocycles. The van der Waals surface area contributed by atoms with Gasteiger partial charge in [0.05, 0.1) is 12.2 Å². The molecule has 0 spiro atoms. The third-order valence-electron chi connectivity index (χ3n) is 0.539.